The van der Waals surface area contributed by atoms with Gasteiger partial charge in [0.1, 0.15) is 17.5 Å². The summed E-state index contributed by atoms with van der Waals surface area (Å²) in [5.74, 6) is 2.50. The number of hydrogen-bond donors (Lipinski definition) is 2. The van der Waals surface area contributed by atoms with Crippen LogP contribution in [0.4, 0.5) is 11.6 Å². The Labute approximate surface area is 115 Å². The summed E-state index contributed by atoms with van der Waals surface area (Å²) in [6.45, 7) is 7.86. The highest BCUT2D eigenvalue weighted by atomic mass is 16.5. The minimum absolute atomic E-state index is 0.279. The summed E-state index contributed by atoms with van der Waals surface area (Å²) in [6.07, 6.45) is 3.77. The zero-order chi connectivity index (χ0) is 13.8. The molecule has 2 heterocycles. The lowest BCUT2D eigenvalue weighted by atomic mass is 10.2. The van der Waals surface area contributed by atoms with Gasteiger partial charge in [-0.2, -0.15) is 0 Å². The van der Waals surface area contributed by atoms with Gasteiger partial charge in [-0.15, -0.1) is 0 Å². The van der Waals surface area contributed by atoms with Crippen LogP contribution >= 0.6 is 0 Å². The molecule has 1 atom stereocenters. The van der Waals surface area contributed by atoms with Gasteiger partial charge in [0.15, 0.2) is 0 Å². The molecule has 1 aromatic rings. The van der Waals surface area contributed by atoms with Gasteiger partial charge in [-0.05, 0) is 26.2 Å². The Balaban J connectivity index is 1.98. The topological polar surface area (TPSA) is 73.1 Å². The normalized spacial score (nSPS) is 19.1. The van der Waals surface area contributed by atoms with Gasteiger partial charge in [-0.25, -0.2) is 9.97 Å². The molecule has 0 aromatic carbocycles. The number of nitrogens with two attached hydrogens (primary N) is 1. The Hall–Kier alpha value is -1.36. The van der Waals surface area contributed by atoms with E-state index in [9.17, 15) is 0 Å². The number of nitrogens with one attached hydrogen (secondary N) is 1. The third kappa shape index (κ3) is 3.56. The molecule has 0 saturated carbocycles. The lowest BCUT2D eigenvalue weighted by Gasteiger charge is -2.15. The van der Waals surface area contributed by atoms with Gasteiger partial charge in [-0.3, -0.25) is 0 Å². The molecular formula is C14H24N4O. The quantitative estimate of drug-likeness (QED) is 0.854. The molecule has 3 N–H and O–H groups in total. The number of hydrogen-bond acceptors (Lipinski definition) is 5. The Bertz CT molecular complexity index is 428. The Kier molecular flexibility index (Phi) is 4.58. The van der Waals surface area contributed by atoms with Gasteiger partial charge in [-0.1, -0.05) is 13.8 Å². The van der Waals surface area contributed by atoms with E-state index in [1.165, 1.54) is 12.8 Å². The van der Waals surface area contributed by atoms with Crippen LogP contribution in [0.2, 0.25) is 0 Å². The van der Waals surface area contributed by atoms with E-state index in [-0.39, 0.29) is 5.92 Å². The largest absolute Gasteiger partial charge is 0.383 e. The van der Waals surface area contributed by atoms with Crippen molar-refractivity contribution in [3.8, 4) is 0 Å². The van der Waals surface area contributed by atoms with Gasteiger partial charge in [0.2, 0.25) is 0 Å². The van der Waals surface area contributed by atoms with Gasteiger partial charge >= 0.3 is 0 Å². The molecule has 1 aromatic heterocycles. The molecule has 0 bridgehead atoms. The molecule has 19 heavy (non-hydrogen) atoms. The van der Waals surface area contributed by atoms with Crippen LogP contribution in [0.15, 0.2) is 0 Å². The third-order valence-electron chi connectivity index (χ3n) is 3.50. The van der Waals surface area contributed by atoms with Crippen LogP contribution in [-0.2, 0) is 4.74 Å². The van der Waals surface area contributed by atoms with Crippen LogP contribution in [-0.4, -0.2) is 29.2 Å². The maximum absolute atomic E-state index is 5.94. The fraction of sp³-hybridized carbons (Fsp3) is 0.714. The van der Waals surface area contributed by atoms with Crippen molar-refractivity contribution in [1.29, 1.82) is 0 Å². The highest BCUT2D eigenvalue weighted by molar-refractivity contribution is 5.54. The smallest absolute Gasteiger partial charge is 0.135 e. The Morgan fingerprint density at radius 2 is 2.21 bits per heavy atom. The molecule has 0 aliphatic carbocycles. The lowest BCUT2D eigenvalue weighted by molar-refractivity contribution is 0.107. The van der Waals surface area contributed by atoms with E-state index in [0.717, 1.165) is 36.8 Å². The van der Waals surface area contributed by atoms with Crippen LogP contribution in [0.3, 0.4) is 0 Å². The predicted octanol–water partition coefficient (Wildman–Crippen LogP) is 2.47. The van der Waals surface area contributed by atoms with Gasteiger partial charge < -0.3 is 15.8 Å². The molecule has 0 radical (unpaired) electrons. The molecule has 0 spiro atoms. The van der Waals surface area contributed by atoms with Gasteiger partial charge in [0.05, 0.1) is 6.10 Å². The summed E-state index contributed by atoms with van der Waals surface area (Å²) < 4.78 is 5.61. The summed E-state index contributed by atoms with van der Waals surface area (Å²) in [6, 6.07) is 0. The summed E-state index contributed by atoms with van der Waals surface area (Å²) >= 11 is 0. The molecule has 2 rings (SSSR count). The number of nitrogen functional groups attached to an aromatic ring is 1. The van der Waals surface area contributed by atoms with Crippen molar-refractivity contribution in [3.05, 3.63) is 11.4 Å². The Morgan fingerprint density at radius 3 is 2.84 bits per heavy atom. The highest BCUT2D eigenvalue weighted by Crippen LogP contribution is 2.21. The number of ether oxygens (including phenoxy) is 1. The molecule has 0 amide bonds. The SMILES string of the molecule is Cc1c(N)nc(C(C)C)nc1NCCC1CCCO1. The maximum atomic E-state index is 5.94. The minimum Gasteiger partial charge on any atom is -0.383 e. The second kappa shape index (κ2) is 6.19. The molecule has 5 heteroatoms. The molecule has 1 unspecified atom stereocenters. The first-order valence-electron chi connectivity index (χ1n) is 7.07. The summed E-state index contributed by atoms with van der Waals surface area (Å²) in [7, 11) is 0. The van der Waals surface area contributed by atoms with Crippen molar-refractivity contribution >= 4 is 11.6 Å². The fourth-order valence-electron chi connectivity index (χ4n) is 2.21. The standard InChI is InChI=1S/C14H24N4O/c1-9(2)13-17-12(15)10(3)14(18-13)16-7-6-11-5-4-8-19-11/h9,11H,4-8H2,1-3H3,(H3,15,16,17,18). The number of rotatable bonds is 5. The van der Waals surface area contributed by atoms with Crippen molar-refractivity contribution in [2.24, 2.45) is 0 Å². The van der Waals surface area contributed by atoms with Crippen LogP contribution in [0.1, 0.15) is 50.4 Å². The van der Waals surface area contributed by atoms with Crippen molar-refractivity contribution in [3.63, 3.8) is 0 Å². The summed E-state index contributed by atoms with van der Waals surface area (Å²) in [5, 5.41) is 3.36. The van der Waals surface area contributed by atoms with E-state index in [0.29, 0.717) is 11.9 Å². The van der Waals surface area contributed by atoms with Crippen LogP contribution in [0.5, 0.6) is 0 Å². The highest BCUT2D eigenvalue weighted by Gasteiger charge is 2.16. The molecule has 1 saturated heterocycles. The average Bonchev–Trinajstić information content (AvgIpc) is 2.87. The van der Waals surface area contributed by atoms with Crippen molar-refractivity contribution < 1.29 is 4.74 Å². The number of aromatic nitrogens is 2. The van der Waals surface area contributed by atoms with Crippen molar-refractivity contribution in [2.75, 3.05) is 24.2 Å². The second-order valence-corrected chi connectivity index (χ2v) is 5.45. The maximum Gasteiger partial charge on any atom is 0.135 e. The number of anilines is 2. The van der Waals surface area contributed by atoms with E-state index >= 15 is 0 Å². The van der Waals surface area contributed by atoms with E-state index in [4.69, 9.17) is 10.5 Å². The second-order valence-electron chi connectivity index (χ2n) is 5.45. The van der Waals surface area contributed by atoms with Crippen LogP contribution < -0.4 is 11.1 Å². The van der Waals surface area contributed by atoms with Crippen LogP contribution in [0.25, 0.3) is 0 Å². The zero-order valence-electron chi connectivity index (χ0n) is 12.1. The van der Waals surface area contributed by atoms with E-state index in [1.54, 1.807) is 0 Å². The molecular weight excluding hydrogens is 240 g/mol. The minimum atomic E-state index is 0.279. The lowest BCUT2D eigenvalue weighted by Crippen LogP contribution is -2.15. The predicted molar refractivity (Wildman–Crippen MR) is 77.4 cm³/mol. The van der Waals surface area contributed by atoms with E-state index in [2.05, 4.69) is 29.1 Å². The molecule has 5 nitrogen and oxygen atoms in total. The number of nitrogens with zero attached hydrogens (tertiary/aromatic N) is 2. The van der Waals surface area contributed by atoms with E-state index in [1.807, 2.05) is 6.92 Å². The fourth-order valence-corrected chi connectivity index (χ4v) is 2.21. The molecule has 1 aliphatic rings. The van der Waals surface area contributed by atoms with Crippen LogP contribution in [0, 0.1) is 6.92 Å². The first-order valence-corrected chi connectivity index (χ1v) is 7.07. The van der Waals surface area contributed by atoms with E-state index < -0.39 is 0 Å². The summed E-state index contributed by atoms with van der Waals surface area (Å²) in [4.78, 5) is 8.87. The first-order chi connectivity index (χ1) is 9.08. The molecule has 106 valence electrons. The van der Waals surface area contributed by atoms with Crippen molar-refractivity contribution in [1.82, 2.24) is 9.97 Å². The average molecular weight is 264 g/mol. The third-order valence-corrected chi connectivity index (χ3v) is 3.50. The zero-order valence-corrected chi connectivity index (χ0v) is 12.1. The van der Waals surface area contributed by atoms with Gasteiger partial charge in [0.25, 0.3) is 0 Å². The van der Waals surface area contributed by atoms with Crippen molar-refractivity contribution in [2.45, 2.75) is 52.1 Å². The monoisotopic (exact) mass is 264 g/mol. The summed E-state index contributed by atoms with van der Waals surface area (Å²) in [5.41, 5.74) is 6.86. The Morgan fingerprint density at radius 1 is 1.42 bits per heavy atom. The van der Waals surface area contributed by atoms with Gasteiger partial charge in [0, 0.05) is 24.6 Å². The molecule has 1 aliphatic heterocycles. The molecule has 1 fully saturated rings. The first kappa shape index (κ1) is 14.1.